The van der Waals surface area contributed by atoms with Crippen molar-refractivity contribution in [3.63, 3.8) is 0 Å². The Hall–Kier alpha value is -1.47. The van der Waals surface area contributed by atoms with Crippen molar-refractivity contribution in [1.29, 1.82) is 0 Å². The zero-order valence-electron chi connectivity index (χ0n) is 12.3. The molecule has 0 unspecified atom stereocenters. The number of hydrogen-bond donors (Lipinski definition) is 1. The fourth-order valence-corrected chi connectivity index (χ4v) is 2.82. The number of amides is 3. The number of aliphatic hydroxyl groups is 1. The molecule has 21 heavy (non-hydrogen) atoms. The van der Waals surface area contributed by atoms with Crippen LogP contribution in [0, 0.1) is 0 Å². The highest BCUT2D eigenvalue weighted by molar-refractivity contribution is 6.02. The van der Waals surface area contributed by atoms with Gasteiger partial charge in [0.1, 0.15) is 0 Å². The van der Waals surface area contributed by atoms with Crippen LogP contribution in [0.4, 0.5) is 0 Å². The van der Waals surface area contributed by atoms with Crippen LogP contribution < -0.4 is 0 Å². The molecule has 0 spiro atoms. The highest BCUT2D eigenvalue weighted by atomic mass is 16.3. The minimum Gasteiger partial charge on any atom is -0.395 e. The zero-order chi connectivity index (χ0) is 15.2. The molecular formula is C14H23N3O4. The van der Waals surface area contributed by atoms with Crippen molar-refractivity contribution in [3.8, 4) is 0 Å². The summed E-state index contributed by atoms with van der Waals surface area (Å²) in [7, 11) is 0. The lowest BCUT2D eigenvalue weighted by Crippen LogP contribution is -2.38. The van der Waals surface area contributed by atoms with E-state index in [9.17, 15) is 14.4 Å². The van der Waals surface area contributed by atoms with Crippen molar-refractivity contribution < 1.29 is 19.5 Å². The van der Waals surface area contributed by atoms with Gasteiger partial charge in [-0.3, -0.25) is 24.2 Å². The van der Waals surface area contributed by atoms with Crippen molar-refractivity contribution in [3.05, 3.63) is 0 Å². The summed E-state index contributed by atoms with van der Waals surface area (Å²) in [6.07, 6.45) is 1.63. The normalized spacial score (nSPS) is 21.0. The molecule has 2 aliphatic rings. The summed E-state index contributed by atoms with van der Waals surface area (Å²) in [6, 6.07) is 0. The van der Waals surface area contributed by atoms with Gasteiger partial charge >= 0.3 is 0 Å². The molecule has 2 heterocycles. The fourth-order valence-electron chi connectivity index (χ4n) is 2.82. The largest absolute Gasteiger partial charge is 0.395 e. The van der Waals surface area contributed by atoms with Gasteiger partial charge in [0.25, 0.3) is 0 Å². The van der Waals surface area contributed by atoms with Gasteiger partial charge in [0.05, 0.1) is 6.61 Å². The Kier molecular flexibility index (Phi) is 5.69. The standard InChI is InChI=1S/C14H23N3O4/c18-11-10-15-5-1-6-16(9-8-15)12(19)4-7-17-13(20)2-3-14(17)21/h18H,1-11H2. The van der Waals surface area contributed by atoms with E-state index in [1.807, 2.05) is 0 Å². The number of hydrogen-bond acceptors (Lipinski definition) is 5. The number of rotatable bonds is 5. The summed E-state index contributed by atoms with van der Waals surface area (Å²) in [5.74, 6) is -0.344. The Bertz CT molecular complexity index is 397. The molecule has 1 N–H and O–H groups in total. The third kappa shape index (κ3) is 4.25. The average molecular weight is 297 g/mol. The highest BCUT2D eigenvalue weighted by Gasteiger charge is 2.29. The molecule has 0 aromatic heterocycles. The van der Waals surface area contributed by atoms with E-state index in [1.165, 1.54) is 4.90 Å². The van der Waals surface area contributed by atoms with Crippen LogP contribution in [0.5, 0.6) is 0 Å². The van der Waals surface area contributed by atoms with Gasteiger partial charge in [0.2, 0.25) is 17.7 Å². The molecule has 7 heteroatoms. The molecule has 2 aliphatic heterocycles. The Morgan fingerprint density at radius 3 is 2.38 bits per heavy atom. The van der Waals surface area contributed by atoms with Crippen LogP contribution in [0.2, 0.25) is 0 Å². The fraction of sp³-hybridized carbons (Fsp3) is 0.786. The first-order chi connectivity index (χ1) is 10.1. The molecule has 2 rings (SSSR count). The second-order valence-corrected chi connectivity index (χ2v) is 5.49. The van der Waals surface area contributed by atoms with E-state index in [1.54, 1.807) is 4.90 Å². The predicted octanol–water partition coefficient (Wildman–Crippen LogP) is -0.948. The van der Waals surface area contributed by atoms with E-state index in [2.05, 4.69) is 4.90 Å². The molecule has 0 aromatic carbocycles. The maximum Gasteiger partial charge on any atom is 0.229 e. The molecule has 0 saturated carbocycles. The van der Waals surface area contributed by atoms with Gasteiger partial charge in [-0.1, -0.05) is 0 Å². The monoisotopic (exact) mass is 297 g/mol. The number of imide groups is 1. The molecule has 118 valence electrons. The van der Waals surface area contributed by atoms with E-state index < -0.39 is 0 Å². The first-order valence-corrected chi connectivity index (χ1v) is 7.56. The third-order valence-electron chi connectivity index (χ3n) is 4.06. The van der Waals surface area contributed by atoms with Crippen molar-refractivity contribution in [2.75, 3.05) is 45.9 Å². The Balaban J connectivity index is 1.78. The average Bonchev–Trinajstić information content (AvgIpc) is 2.67. The van der Waals surface area contributed by atoms with Crippen LogP contribution >= 0.6 is 0 Å². The minimum absolute atomic E-state index is 0.00616. The number of β-amino-alcohol motifs (C(OH)–C–C–N with tert-alkyl or cyclic N) is 1. The summed E-state index contributed by atoms with van der Waals surface area (Å²) in [4.78, 5) is 40.3. The summed E-state index contributed by atoms with van der Waals surface area (Å²) in [6.45, 7) is 3.95. The summed E-state index contributed by atoms with van der Waals surface area (Å²) < 4.78 is 0. The maximum absolute atomic E-state index is 12.2. The zero-order valence-corrected chi connectivity index (χ0v) is 12.3. The van der Waals surface area contributed by atoms with Gasteiger partial charge < -0.3 is 10.0 Å². The molecule has 7 nitrogen and oxygen atoms in total. The van der Waals surface area contributed by atoms with E-state index in [0.29, 0.717) is 19.6 Å². The first-order valence-electron chi connectivity index (χ1n) is 7.56. The van der Waals surface area contributed by atoms with Crippen LogP contribution in [0.15, 0.2) is 0 Å². The topological polar surface area (TPSA) is 81.2 Å². The van der Waals surface area contributed by atoms with E-state index in [4.69, 9.17) is 5.11 Å². The van der Waals surface area contributed by atoms with E-state index >= 15 is 0 Å². The molecule has 0 aliphatic carbocycles. The van der Waals surface area contributed by atoms with Crippen LogP contribution in [-0.2, 0) is 14.4 Å². The SMILES string of the molecule is O=C(CCN1C(=O)CCC1=O)N1CCCN(CCO)CC1. The van der Waals surface area contributed by atoms with Gasteiger partial charge in [0.15, 0.2) is 0 Å². The van der Waals surface area contributed by atoms with Gasteiger partial charge in [-0.05, 0) is 13.0 Å². The minimum atomic E-state index is -0.169. The number of carbonyl (C=O) groups excluding carboxylic acids is 3. The number of nitrogens with zero attached hydrogens (tertiary/aromatic N) is 3. The van der Waals surface area contributed by atoms with Gasteiger partial charge in [-0.2, -0.15) is 0 Å². The Morgan fingerprint density at radius 2 is 1.71 bits per heavy atom. The lowest BCUT2D eigenvalue weighted by Gasteiger charge is -2.22. The molecule has 0 atom stereocenters. The van der Waals surface area contributed by atoms with Crippen LogP contribution in [-0.4, -0.2) is 83.4 Å². The molecule has 3 amide bonds. The maximum atomic E-state index is 12.2. The quantitative estimate of drug-likeness (QED) is 0.662. The van der Waals surface area contributed by atoms with Gasteiger partial charge in [0, 0.05) is 52.0 Å². The Labute approximate surface area is 124 Å². The number of carbonyl (C=O) groups is 3. The van der Waals surface area contributed by atoms with Crippen molar-refractivity contribution in [2.45, 2.75) is 25.7 Å². The second kappa shape index (κ2) is 7.51. The molecule has 0 aromatic rings. The number of aliphatic hydroxyl groups excluding tert-OH is 1. The van der Waals surface area contributed by atoms with Crippen molar-refractivity contribution >= 4 is 17.7 Å². The third-order valence-corrected chi connectivity index (χ3v) is 4.06. The summed E-state index contributed by atoms with van der Waals surface area (Å²) in [5.41, 5.74) is 0. The highest BCUT2D eigenvalue weighted by Crippen LogP contribution is 2.13. The van der Waals surface area contributed by atoms with E-state index in [0.717, 1.165) is 19.5 Å². The van der Waals surface area contributed by atoms with E-state index in [-0.39, 0.29) is 50.1 Å². The van der Waals surface area contributed by atoms with Crippen molar-refractivity contribution in [2.24, 2.45) is 0 Å². The molecule has 2 fully saturated rings. The lowest BCUT2D eigenvalue weighted by atomic mass is 10.3. The molecule has 0 radical (unpaired) electrons. The van der Waals surface area contributed by atoms with Crippen LogP contribution in [0.25, 0.3) is 0 Å². The first kappa shape index (κ1) is 15.9. The van der Waals surface area contributed by atoms with Crippen LogP contribution in [0.3, 0.4) is 0 Å². The smallest absolute Gasteiger partial charge is 0.229 e. The van der Waals surface area contributed by atoms with Crippen LogP contribution in [0.1, 0.15) is 25.7 Å². The predicted molar refractivity (Wildman–Crippen MR) is 75.3 cm³/mol. The van der Waals surface area contributed by atoms with Gasteiger partial charge in [-0.25, -0.2) is 0 Å². The summed E-state index contributed by atoms with van der Waals surface area (Å²) in [5, 5.41) is 8.95. The summed E-state index contributed by atoms with van der Waals surface area (Å²) >= 11 is 0. The number of likely N-dealkylation sites (tertiary alicyclic amines) is 1. The second-order valence-electron chi connectivity index (χ2n) is 5.49. The Morgan fingerprint density at radius 1 is 1.00 bits per heavy atom. The molecular weight excluding hydrogens is 274 g/mol. The molecule has 2 saturated heterocycles. The lowest BCUT2D eigenvalue weighted by molar-refractivity contribution is -0.139. The molecule has 0 bridgehead atoms. The van der Waals surface area contributed by atoms with Crippen molar-refractivity contribution in [1.82, 2.24) is 14.7 Å². The van der Waals surface area contributed by atoms with Gasteiger partial charge in [-0.15, -0.1) is 0 Å².